The van der Waals surface area contributed by atoms with E-state index in [1.54, 1.807) is 6.92 Å². The van der Waals surface area contributed by atoms with Crippen molar-refractivity contribution in [2.75, 3.05) is 0 Å². The number of allylic oxidation sites excluding steroid dienone is 2. The van der Waals surface area contributed by atoms with Gasteiger partial charge in [-0.25, -0.2) is 0 Å². The minimum absolute atomic E-state index is 0.0174. The molecule has 208 valence electrons. The zero-order chi connectivity index (χ0) is 26.9. The second-order valence-corrected chi connectivity index (χ2v) is 14.2. The Bertz CT molecular complexity index is 816. The fourth-order valence-electron chi connectivity index (χ4n) is 6.16. The summed E-state index contributed by atoms with van der Waals surface area (Å²) in [6.07, 6.45) is 11.0. The molecule has 0 aromatic carbocycles. The SMILES string of the molecule is CC(C)=CCC[C@@](C)(O)[C@@H](O)C/C=C(/C)[C@H]1CC[C@H]2O[C@@H]([C@]3(C)CC[C@@H](Br)C(C)(C)O3)CC[C@]2(C)O1. The van der Waals surface area contributed by atoms with Gasteiger partial charge in [0.1, 0.15) is 0 Å². The van der Waals surface area contributed by atoms with E-state index in [9.17, 15) is 10.2 Å². The van der Waals surface area contributed by atoms with Crippen LogP contribution in [0.1, 0.15) is 113 Å². The van der Waals surface area contributed by atoms with Gasteiger partial charge in [-0.15, -0.1) is 0 Å². The average Bonchev–Trinajstić information content (AvgIpc) is 2.78. The van der Waals surface area contributed by atoms with Gasteiger partial charge in [-0.2, -0.15) is 0 Å². The zero-order valence-corrected chi connectivity index (χ0v) is 25.5. The van der Waals surface area contributed by atoms with Gasteiger partial charge in [0.05, 0.1) is 46.8 Å². The number of rotatable bonds is 8. The Hall–Kier alpha value is -0.240. The molecule has 3 fully saturated rings. The number of hydrogen-bond acceptors (Lipinski definition) is 5. The maximum absolute atomic E-state index is 10.7. The van der Waals surface area contributed by atoms with Crippen molar-refractivity contribution >= 4 is 15.9 Å². The molecule has 0 unspecified atom stereocenters. The van der Waals surface area contributed by atoms with E-state index in [2.05, 4.69) is 62.7 Å². The van der Waals surface area contributed by atoms with Crippen LogP contribution in [0.25, 0.3) is 0 Å². The predicted molar refractivity (Wildman–Crippen MR) is 150 cm³/mol. The Labute approximate surface area is 228 Å². The molecule has 0 aromatic heterocycles. The molecule has 0 radical (unpaired) electrons. The van der Waals surface area contributed by atoms with Crippen LogP contribution in [0.4, 0.5) is 0 Å². The lowest BCUT2D eigenvalue weighted by atomic mass is 9.76. The topological polar surface area (TPSA) is 68.2 Å². The van der Waals surface area contributed by atoms with E-state index in [1.807, 2.05) is 13.8 Å². The zero-order valence-electron chi connectivity index (χ0n) is 23.9. The molecule has 3 aliphatic heterocycles. The van der Waals surface area contributed by atoms with Gasteiger partial charge in [0, 0.05) is 4.83 Å². The normalized spacial score (nSPS) is 39.6. The molecular formula is C30H51BrO5. The quantitative estimate of drug-likeness (QED) is 0.248. The van der Waals surface area contributed by atoms with Crippen molar-refractivity contribution in [3.8, 4) is 0 Å². The standard InChI is InChI=1S/C30H51BrO5/c1-20(2)10-9-17-28(6,33)24(32)13-11-21(3)22-12-14-25-29(7,35-22)19-16-26(34-25)30(8)18-15-23(31)27(4,5)36-30/h10-11,22-26,32-33H,9,12-19H2,1-8H3/b21-11-/t22-,23-,24+,25-,26-,28-,29+,30+/m1/s1. The van der Waals surface area contributed by atoms with Crippen LogP contribution in [-0.2, 0) is 14.2 Å². The molecule has 2 N–H and O–H groups in total. The van der Waals surface area contributed by atoms with Crippen LogP contribution in [0.3, 0.4) is 0 Å². The highest BCUT2D eigenvalue weighted by Gasteiger charge is 2.53. The molecule has 3 aliphatic rings. The third kappa shape index (κ3) is 7.04. The van der Waals surface area contributed by atoms with Crippen LogP contribution in [0.2, 0.25) is 0 Å². The monoisotopic (exact) mass is 570 g/mol. The van der Waals surface area contributed by atoms with Gasteiger partial charge in [0.15, 0.2) is 0 Å². The van der Waals surface area contributed by atoms with Crippen molar-refractivity contribution in [1.82, 2.24) is 0 Å². The van der Waals surface area contributed by atoms with Gasteiger partial charge >= 0.3 is 0 Å². The number of fused-ring (bicyclic) bond motifs is 1. The fourth-order valence-corrected chi connectivity index (χ4v) is 6.48. The summed E-state index contributed by atoms with van der Waals surface area (Å²) in [4.78, 5) is 0.361. The van der Waals surface area contributed by atoms with Crippen LogP contribution in [0.15, 0.2) is 23.3 Å². The van der Waals surface area contributed by atoms with Crippen LogP contribution in [0, 0.1) is 0 Å². The summed E-state index contributed by atoms with van der Waals surface area (Å²) in [6, 6.07) is 0. The molecule has 0 spiro atoms. The maximum Gasteiger partial charge on any atom is 0.0924 e. The van der Waals surface area contributed by atoms with Crippen molar-refractivity contribution in [2.45, 2.75) is 165 Å². The predicted octanol–water partition coefficient (Wildman–Crippen LogP) is 6.78. The lowest BCUT2D eigenvalue weighted by molar-refractivity contribution is -0.284. The van der Waals surface area contributed by atoms with E-state index in [-0.39, 0.29) is 35.1 Å². The second-order valence-electron chi connectivity index (χ2n) is 13.0. The van der Waals surface area contributed by atoms with E-state index in [1.165, 1.54) is 5.57 Å². The smallest absolute Gasteiger partial charge is 0.0924 e. The van der Waals surface area contributed by atoms with E-state index in [0.29, 0.717) is 17.7 Å². The summed E-state index contributed by atoms with van der Waals surface area (Å²) in [5.41, 5.74) is 0.437. The number of alkyl halides is 1. The van der Waals surface area contributed by atoms with Crippen molar-refractivity contribution in [3.05, 3.63) is 23.3 Å². The van der Waals surface area contributed by atoms with Crippen molar-refractivity contribution in [2.24, 2.45) is 0 Å². The molecule has 0 aromatic rings. The van der Waals surface area contributed by atoms with Gasteiger partial charge < -0.3 is 24.4 Å². The third-order valence-corrected chi connectivity index (χ3v) is 10.5. The molecule has 3 heterocycles. The molecule has 3 rings (SSSR count). The Morgan fingerprint density at radius 1 is 1.00 bits per heavy atom. The number of halogens is 1. The summed E-state index contributed by atoms with van der Waals surface area (Å²) >= 11 is 3.79. The minimum Gasteiger partial charge on any atom is -0.390 e. The van der Waals surface area contributed by atoms with Crippen molar-refractivity contribution in [1.29, 1.82) is 0 Å². The van der Waals surface area contributed by atoms with Gasteiger partial charge in [-0.1, -0.05) is 33.7 Å². The Kier molecular flexibility index (Phi) is 9.66. The molecule has 36 heavy (non-hydrogen) atoms. The molecule has 8 atom stereocenters. The summed E-state index contributed by atoms with van der Waals surface area (Å²) < 4.78 is 20.0. The highest BCUT2D eigenvalue weighted by atomic mass is 79.9. The molecule has 0 aliphatic carbocycles. The fraction of sp³-hybridized carbons (Fsp3) is 0.867. The largest absolute Gasteiger partial charge is 0.390 e. The van der Waals surface area contributed by atoms with Crippen molar-refractivity contribution in [3.63, 3.8) is 0 Å². The van der Waals surface area contributed by atoms with E-state index in [0.717, 1.165) is 50.5 Å². The molecule has 0 bridgehead atoms. The van der Waals surface area contributed by atoms with Crippen molar-refractivity contribution < 1.29 is 24.4 Å². The van der Waals surface area contributed by atoms with Gasteiger partial charge in [-0.05, 0) is 119 Å². The molecule has 0 amide bonds. The molecule has 6 heteroatoms. The third-order valence-electron chi connectivity index (χ3n) is 8.93. The maximum atomic E-state index is 10.7. The number of hydrogen-bond donors (Lipinski definition) is 2. The summed E-state index contributed by atoms with van der Waals surface area (Å²) in [6.45, 7) is 16.7. The average molecular weight is 572 g/mol. The summed E-state index contributed by atoms with van der Waals surface area (Å²) in [7, 11) is 0. The van der Waals surface area contributed by atoms with E-state index >= 15 is 0 Å². The highest BCUT2D eigenvalue weighted by Crippen LogP contribution is 2.48. The van der Waals surface area contributed by atoms with E-state index < -0.39 is 11.7 Å². The minimum atomic E-state index is -1.11. The van der Waals surface area contributed by atoms with Gasteiger partial charge in [0.25, 0.3) is 0 Å². The molecule has 0 saturated carbocycles. The first-order valence-electron chi connectivity index (χ1n) is 14.0. The van der Waals surface area contributed by atoms with Crippen LogP contribution in [-0.4, -0.2) is 61.9 Å². The lowest BCUT2D eigenvalue weighted by Gasteiger charge is -2.55. The lowest BCUT2D eigenvalue weighted by Crippen LogP contribution is -2.62. The van der Waals surface area contributed by atoms with Crippen LogP contribution >= 0.6 is 15.9 Å². The van der Waals surface area contributed by atoms with Crippen LogP contribution in [0.5, 0.6) is 0 Å². The molecular weight excluding hydrogens is 520 g/mol. The number of aliphatic hydroxyl groups is 2. The van der Waals surface area contributed by atoms with Gasteiger partial charge in [-0.3, -0.25) is 0 Å². The highest BCUT2D eigenvalue weighted by molar-refractivity contribution is 9.09. The second kappa shape index (κ2) is 11.5. The molecule has 3 saturated heterocycles. The molecule has 5 nitrogen and oxygen atoms in total. The number of aliphatic hydroxyl groups excluding tert-OH is 1. The Morgan fingerprint density at radius 3 is 2.28 bits per heavy atom. The summed E-state index contributed by atoms with van der Waals surface area (Å²) in [5, 5.41) is 21.4. The van der Waals surface area contributed by atoms with Crippen LogP contribution < -0.4 is 0 Å². The first-order chi connectivity index (χ1) is 16.6. The van der Waals surface area contributed by atoms with Gasteiger partial charge in [0.2, 0.25) is 0 Å². The Morgan fingerprint density at radius 2 is 1.64 bits per heavy atom. The van der Waals surface area contributed by atoms with E-state index in [4.69, 9.17) is 14.2 Å². The Balaban J connectivity index is 1.57. The number of ether oxygens (including phenoxy) is 3. The first-order valence-corrected chi connectivity index (χ1v) is 14.9. The first kappa shape index (κ1) is 30.3. The summed E-state index contributed by atoms with van der Waals surface area (Å²) in [5.74, 6) is 0.